The first-order valence-electron chi connectivity index (χ1n) is 8.92. The Kier molecular flexibility index (Phi) is 3.47. The quantitative estimate of drug-likeness (QED) is 0.508. The lowest BCUT2D eigenvalue weighted by molar-refractivity contribution is 0.0213. The highest BCUT2D eigenvalue weighted by molar-refractivity contribution is 5.98. The number of cyclic esters (lactones) is 1. The van der Waals surface area contributed by atoms with Crippen LogP contribution < -0.4 is 5.32 Å². The zero-order chi connectivity index (χ0) is 18.3. The van der Waals surface area contributed by atoms with Gasteiger partial charge in [0.05, 0.1) is 5.56 Å². The van der Waals surface area contributed by atoms with Gasteiger partial charge in [0.1, 0.15) is 0 Å². The van der Waals surface area contributed by atoms with Crippen molar-refractivity contribution in [1.82, 2.24) is 0 Å². The molecular weight excluding hydrogens is 334 g/mol. The molecule has 130 valence electrons. The van der Waals surface area contributed by atoms with E-state index in [4.69, 9.17) is 4.74 Å². The van der Waals surface area contributed by atoms with Crippen LogP contribution in [0.25, 0.3) is 10.8 Å². The average molecular weight is 351 g/mol. The molecule has 0 fully saturated rings. The molecule has 1 heterocycles. The van der Waals surface area contributed by atoms with Crippen LogP contribution >= 0.6 is 0 Å². The second-order valence-electron chi connectivity index (χ2n) is 6.63. The highest BCUT2D eigenvalue weighted by Crippen LogP contribution is 2.43. The molecule has 0 saturated carbocycles. The number of hydrogen-bond donors (Lipinski definition) is 1. The van der Waals surface area contributed by atoms with Crippen LogP contribution in [0, 0.1) is 0 Å². The molecule has 0 spiro atoms. The van der Waals surface area contributed by atoms with Crippen molar-refractivity contribution in [2.24, 2.45) is 0 Å². The monoisotopic (exact) mass is 351 g/mol. The van der Waals surface area contributed by atoms with E-state index in [1.165, 1.54) is 0 Å². The Morgan fingerprint density at radius 2 is 1.41 bits per heavy atom. The lowest BCUT2D eigenvalue weighted by Crippen LogP contribution is -2.37. The number of carbonyl (C=O) groups excluding carboxylic acids is 1. The zero-order valence-corrected chi connectivity index (χ0v) is 14.6. The van der Waals surface area contributed by atoms with Gasteiger partial charge in [-0.25, -0.2) is 4.79 Å². The number of rotatable bonds is 3. The predicted molar refractivity (Wildman–Crippen MR) is 107 cm³/mol. The predicted octanol–water partition coefficient (Wildman–Crippen LogP) is 5.32. The summed E-state index contributed by atoms with van der Waals surface area (Å²) in [5.74, 6) is -0.317. The lowest BCUT2D eigenvalue weighted by Gasteiger charge is -2.32. The second kappa shape index (κ2) is 5.99. The Hall–Kier alpha value is -3.59. The van der Waals surface area contributed by atoms with Gasteiger partial charge >= 0.3 is 5.97 Å². The fourth-order valence-electron chi connectivity index (χ4n) is 3.79. The highest BCUT2D eigenvalue weighted by Gasteiger charge is 2.47. The molecule has 27 heavy (non-hydrogen) atoms. The van der Waals surface area contributed by atoms with E-state index in [1.807, 2.05) is 78.9 Å². The number of fused-ring (bicyclic) bond motifs is 2. The molecular formula is C24H17NO2. The van der Waals surface area contributed by atoms with Crippen molar-refractivity contribution in [2.45, 2.75) is 5.72 Å². The van der Waals surface area contributed by atoms with Crippen molar-refractivity contribution >= 4 is 22.4 Å². The maximum atomic E-state index is 12.6. The summed E-state index contributed by atoms with van der Waals surface area (Å²) in [4.78, 5) is 12.6. The molecule has 4 aromatic rings. The minimum Gasteiger partial charge on any atom is -0.427 e. The van der Waals surface area contributed by atoms with Gasteiger partial charge < -0.3 is 10.1 Å². The maximum Gasteiger partial charge on any atom is 0.341 e. The van der Waals surface area contributed by atoms with Crippen LogP contribution in [0.1, 0.15) is 21.5 Å². The summed E-state index contributed by atoms with van der Waals surface area (Å²) < 4.78 is 6.01. The van der Waals surface area contributed by atoms with Crippen molar-refractivity contribution in [3.63, 3.8) is 0 Å². The summed E-state index contributed by atoms with van der Waals surface area (Å²) >= 11 is 0. The normalized spacial score (nSPS) is 18.1. The molecule has 5 rings (SSSR count). The Bertz CT molecular complexity index is 1150. The molecule has 0 radical (unpaired) electrons. The van der Waals surface area contributed by atoms with E-state index in [2.05, 4.69) is 23.5 Å². The number of carbonyl (C=O) groups is 1. The minimum absolute atomic E-state index is 0.317. The van der Waals surface area contributed by atoms with Crippen LogP contribution in [-0.2, 0) is 10.5 Å². The molecule has 4 aromatic carbocycles. The largest absolute Gasteiger partial charge is 0.427 e. The minimum atomic E-state index is -1.06. The van der Waals surface area contributed by atoms with Gasteiger partial charge in [-0.1, -0.05) is 84.9 Å². The number of anilines is 1. The van der Waals surface area contributed by atoms with Gasteiger partial charge in [-0.3, -0.25) is 0 Å². The standard InChI is InChI=1S/C24H17NO2/c26-23-20-14-6-7-15-21(20)24(27-23,18-11-2-1-3-12-18)25-22-16-8-10-17-9-4-5-13-19(17)22/h1-16,25H. The number of hydrogen-bond acceptors (Lipinski definition) is 3. The summed E-state index contributed by atoms with van der Waals surface area (Å²) in [6.07, 6.45) is 0. The van der Waals surface area contributed by atoms with E-state index in [0.29, 0.717) is 5.56 Å². The molecule has 0 amide bonds. The summed E-state index contributed by atoms with van der Waals surface area (Å²) in [5.41, 5.74) is 2.17. The molecule has 1 aliphatic rings. The maximum absolute atomic E-state index is 12.6. The molecule has 3 heteroatoms. The van der Waals surface area contributed by atoms with E-state index < -0.39 is 5.72 Å². The van der Waals surface area contributed by atoms with Gasteiger partial charge in [0, 0.05) is 22.2 Å². The smallest absolute Gasteiger partial charge is 0.341 e. The van der Waals surface area contributed by atoms with Gasteiger partial charge in [-0.05, 0) is 17.5 Å². The fraction of sp³-hybridized carbons (Fsp3) is 0.0417. The van der Waals surface area contributed by atoms with Gasteiger partial charge in [-0.15, -0.1) is 0 Å². The molecule has 0 bridgehead atoms. The van der Waals surface area contributed by atoms with Crippen molar-refractivity contribution in [3.8, 4) is 0 Å². The van der Waals surface area contributed by atoms with Crippen molar-refractivity contribution in [1.29, 1.82) is 0 Å². The van der Waals surface area contributed by atoms with Crippen LogP contribution in [0.15, 0.2) is 97.1 Å². The van der Waals surface area contributed by atoms with Crippen LogP contribution in [0.4, 0.5) is 5.69 Å². The van der Waals surface area contributed by atoms with E-state index in [0.717, 1.165) is 27.6 Å². The Morgan fingerprint density at radius 1 is 0.704 bits per heavy atom. The SMILES string of the molecule is O=C1OC(Nc2cccc3ccccc23)(c2ccccc2)c2ccccc21. The first-order chi connectivity index (χ1) is 13.3. The molecule has 0 aliphatic carbocycles. The van der Waals surface area contributed by atoms with E-state index in [1.54, 1.807) is 0 Å². The third kappa shape index (κ3) is 2.40. The second-order valence-corrected chi connectivity index (χ2v) is 6.63. The topological polar surface area (TPSA) is 38.3 Å². The van der Waals surface area contributed by atoms with E-state index >= 15 is 0 Å². The molecule has 3 nitrogen and oxygen atoms in total. The van der Waals surface area contributed by atoms with Crippen molar-refractivity contribution < 1.29 is 9.53 Å². The summed E-state index contributed by atoms with van der Waals surface area (Å²) in [5, 5.41) is 5.76. The first kappa shape index (κ1) is 15.6. The third-order valence-corrected chi connectivity index (χ3v) is 5.05. The molecule has 0 saturated heterocycles. The molecule has 1 aliphatic heterocycles. The lowest BCUT2D eigenvalue weighted by atomic mass is 9.92. The van der Waals surface area contributed by atoms with Crippen LogP contribution in [0.2, 0.25) is 0 Å². The molecule has 0 aromatic heterocycles. The van der Waals surface area contributed by atoms with E-state index in [9.17, 15) is 4.79 Å². The number of benzene rings is 4. The highest BCUT2D eigenvalue weighted by atomic mass is 16.6. The average Bonchev–Trinajstić information content (AvgIpc) is 3.02. The van der Waals surface area contributed by atoms with Crippen LogP contribution in [-0.4, -0.2) is 5.97 Å². The first-order valence-corrected chi connectivity index (χ1v) is 8.92. The molecule has 1 atom stereocenters. The number of nitrogens with one attached hydrogen (secondary N) is 1. The fourth-order valence-corrected chi connectivity index (χ4v) is 3.79. The van der Waals surface area contributed by atoms with Crippen LogP contribution in [0.3, 0.4) is 0 Å². The summed E-state index contributed by atoms with van der Waals surface area (Å²) in [7, 11) is 0. The zero-order valence-electron chi connectivity index (χ0n) is 14.6. The third-order valence-electron chi connectivity index (χ3n) is 5.05. The van der Waals surface area contributed by atoms with E-state index in [-0.39, 0.29) is 5.97 Å². The molecule has 1 N–H and O–H groups in total. The van der Waals surface area contributed by atoms with Gasteiger partial charge in [0.25, 0.3) is 0 Å². The van der Waals surface area contributed by atoms with Crippen molar-refractivity contribution in [2.75, 3.05) is 5.32 Å². The summed E-state index contributed by atoms with van der Waals surface area (Å²) in [6, 6.07) is 31.6. The number of ether oxygens (including phenoxy) is 1. The molecule has 1 unspecified atom stereocenters. The van der Waals surface area contributed by atoms with Crippen molar-refractivity contribution in [3.05, 3.63) is 114 Å². The Morgan fingerprint density at radius 3 is 2.30 bits per heavy atom. The van der Waals surface area contributed by atoms with Gasteiger partial charge in [0.2, 0.25) is 5.72 Å². The summed E-state index contributed by atoms with van der Waals surface area (Å²) in [6.45, 7) is 0. The van der Waals surface area contributed by atoms with Gasteiger partial charge in [0.15, 0.2) is 0 Å². The number of esters is 1. The Labute approximate surface area is 157 Å². The van der Waals surface area contributed by atoms with Gasteiger partial charge in [-0.2, -0.15) is 0 Å². The Balaban J connectivity index is 1.75. The van der Waals surface area contributed by atoms with Crippen LogP contribution in [0.5, 0.6) is 0 Å².